The van der Waals surface area contributed by atoms with Crippen molar-refractivity contribution in [1.29, 1.82) is 0 Å². The van der Waals surface area contributed by atoms with Crippen molar-refractivity contribution in [3.8, 4) is 0 Å². The largest absolute Gasteiger partial charge is 0.342 e. The Balaban J connectivity index is 2.44. The maximum Gasteiger partial charge on any atom is 0.302 e. The van der Waals surface area contributed by atoms with Gasteiger partial charge in [-0.2, -0.15) is 4.84 Å². The predicted molar refractivity (Wildman–Crippen MR) is 44.6 cm³/mol. The van der Waals surface area contributed by atoms with Crippen molar-refractivity contribution >= 4 is 5.82 Å². The summed E-state index contributed by atoms with van der Waals surface area (Å²) >= 11 is 0. The third kappa shape index (κ3) is 3.37. The molecule has 71 valence electrons. The highest BCUT2D eigenvalue weighted by molar-refractivity contribution is 5.22. The van der Waals surface area contributed by atoms with Gasteiger partial charge < -0.3 is 10.2 Å². The third-order valence-corrected chi connectivity index (χ3v) is 1.40. The Bertz CT molecular complexity index is 251. The second-order valence-corrected chi connectivity index (χ2v) is 2.47. The first kappa shape index (κ1) is 9.91. The van der Waals surface area contributed by atoms with Gasteiger partial charge in [0.2, 0.25) is 0 Å². The van der Waals surface area contributed by atoms with Gasteiger partial charge in [0, 0.05) is 12.6 Å². The first-order chi connectivity index (χ1) is 6.14. The van der Waals surface area contributed by atoms with Crippen LogP contribution in [0.3, 0.4) is 0 Å². The summed E-state index contributed by atoms with van der Waals surface area (Å²) in [6.07, 6.45) is 1.56. The van der Waals surface area contributed by atoms with E-state index in [-0.39, 0.29) is 6.42 Å². The van der Waals surface area contributed by atoms with E-state index in [0.717, 1.165) is 0 Å². The number of aliphatic hydroxyl groups is 2. The van der Waals surface area contributed by atoms with E-state index in [1.165, 1.54) is 6.20 Å². The SMILES string of the molecule is CCC(O)(O)O[N]c1ccccn1. The average Bonchev–Trinajstić information content (AvgIpc) is 2.17. The van der Waals surface area contributed by atoms with Crippen molar-refractivity contribution in [3.05, 3.63) is 24.4 Å². The van der Waals surface area contributed by atoms with Crippen molar-refractivity contribution in [2.45, 2.75) is 19.3 Å². The minimum atomic E-state index is -2.21. The smallest absolute Gasteiger partial charge is 0.302 e. The molecule has 0 aliphatic heterocycles. The van der Waals surface area contributed by atoms with Gasteiger partial charge in [0.1, 0.15) is 0 Å². The van der Waals surface area contributed by atoms with Crippen molar-refractivity contribution in [1.82, 2.24) is 10.5 Å². The van der Waals surface area contributed by atoms with Crippen molar-refractivity contribution in [2.75, 3.05) is 0 Å². The molecule has 0 bridgehead atoms. The normalized spacial score (nSPS) is 11.3. The summed E-state index contributed by atoms with van der Waals surface area (Å²) in [4.78, 5) is 8.24. The van der Waals surface area contributed by atoms with E-state index in [9.17, 15) is 0 Å². The minimum Gasteiger partial charge on any atom is -0.342 e. The summed E-state index contributed by atoms with van der Waals surface area (Å²) in [6.45, 7) is 1.56. The zero-order valence-electron chi connectivity index (χ0n) is 7.21. The second kappa shape index (κ2) is 4.18. The fourth-order valence-corrected chi connectivity index (χ4v) is 0.592. The standard InChI is InChI=1S/C8H11N2O3/c1-2-8(11,12)13-10-7-5-3-4-6-9-7/h3-6,11-12H,2H2,1H3. The van der Waals surface area contributed by atoms with Crippen LogP contribution >= 0.6 is 0 Å². The maximum absolute atomic E-state index is 9.00. The quantitative estimate of drug-likeness (QED) is 0.519. The number of rotatable bonds is 4. The summed E-state index contributed by atoms with van der Waals surface area (Å²) in [5.41, 5.74) is 3.44. The predicted octanol–water partition coefficient (Wildman–Crippen LogP) is 0.297. The van der Waals surface area contributed by atoms with Crippen molar-refractivity contribution < 1.29 is 15.1 Å². The molecule has 0 atom stereocenters. The maximum atomic E-state index is 9.00. The lowest BCUT2D eigenvalue weighted by Gasteiger charge is -2.17. The lowest BCUT2D eigenvalue weighted by molar-refractivity contribution is -0.358. The lowest BCUT2D eigenvalue weighted by Crippen LogP contribution is -2.33. The van der Waals surface area contributed by atoms with Gasteiger partial charge in [-0.15, -0.1) is 5.48 Å². The Morgan fingerprint density at radius 1 is 1.54 bits per heavy atom. The fourth-order valence-electron chi connectivity index (χ4n) is 0.592. The molecule has 0 spiro atoms. The molecule has 0 amide bonds. The zero-order chi connectivity index (χ0) is 9.73. The molecule has 1 heterocycles. The molecule has 0 unspecified atom stereocenters. The fraction of sp³-hybridized carbons (Fsp3) is 0.375. The third-order valence-electron chi connectivity index (χ3n) is 1.40. The molecule has 5 nitrogen and oxygen atoms in total. The summed E-state index contributed by atoms with van der Waals surface area (Å²) in [5, 5.41) is 18.0. The first-order valence-electron chi connectivity index (χ1n) is 3.89. The van der Waals surface area contributed by atoms with E-state index in [4.69, 9.17) is 10.2 Å². The van der Waals surface area contributed by atoms with Crippen LogP contribution in [0.25, 0.3) is 0 Å². The molecule has 1 rings (SSSR count). The molecule has 0 fully saturated rings. The molecule has 0 aromatic carbocycles. The molecule has 13 heavy (non-hydrogen) atoms. The number of pyridine rings is 1. The Hall–Kier alpha value is -1.17. The average molecular weight is 183 g/mol. The van der Waals surface area contributed by atoms with Gasteiger partial charge in [-0.3, -0.25) is 0 Å². The first-order valence-corrected chi connectivity index (χ1v) is 3.89. The molecule has 1 radical (unpaired) electrons. The Morgan fingerprint density at radius 3 is 2.85 bits per heavy atom. The van der Waals surface area contributed by atoms with Crippen molar-refractivity contribution in [3.63, 3.8) is 0 Å². The molecule has 0 aliphatic rings. The summed E-state index contributed by atoms with van der Waals surface area (Å²) in [7, 11) is 0. The van der Waals surface area contributed by atoms with Gasteiger partial charge in [-0.1, -0.05) is 13.0 Å². The molecule has 1 aromatic rings. The van der Waals surface area contributed by atoms with Crippen LogP contribution in [0.15, 0.2) is 24.4 Å². The monoisotopic (exact) mass is 183 g/mol. The molecular weight excluding hydrogens is 172 g/mol. The molecular formula is C8H11N2O3. The van der Waals surface area contributed by atoms with Crippen LogP contribution in [0, 0.1) is 0 Å². The highest BCUT2D eigenvalue weighted by Crippen LogP contribution is 2.09. The van der Waals surface area contributed by atoms with Gasteiger partial charge in [-0.05, 0) is 12.1 Å². The molecule has 0 aliphatic carbocycles. The van der Waals surface area contributed by atoms with Crippen LogP contribution < -0.4 is 5.48 Å². The van der Waals surface area contributed by atoms with Crippen LogP contribution in [0.4, 0.5) is 5.82 Å². The molecule has 0 saturated heterocycles. The van der Waals surface area contributed by atoms with Gasteiger partial charge in [0.15, 0.2) is 5.82 Å². The summed E-state index contributed by atoms with van der Waals surface area (Å²) in [6, 6.07) is 5.04. The van der Waals surface area contributed by atoms with Crippen molar-refractivity contribution in [2.24, 2.45) is 0 Å². The number of nitrogens with zero attached hydrogens (tertiary/aromatic N) is 2. The van der Waals surface area contributed by atoms with Gasteiger partial charge in [0.05, 0.1) is 0 Å². The molecule has 5 heteroatoms. The minimum absolute atomic E-state index is 0.0311. The van der Waals surface area contributed by atoms with Gasteiger partial charge in [-0.25, -0.2) is 4.98 Å². The Kier molecular flexibility index (Phi) is 3.18. The van der Waals surface area contributed by atoms with E-state index in [2.05, 4.69) is 15.3 Å². The highest BCUT2D eigenvalue weighted by atomic mass is 16.8. The Labute approximate surface area is 76.0 Å². The lowest BCUT2D eigenvalue weighted by atomic mass is 10.4. The molecule has 0 saturated carbocycles. The number of aromatic nitrogens is 1. The topological polar surface area (TPSA) is 76.7 Å². The van der Waals surface area contributed by atoms with Crippen LogP contribution in [0.2, 0.25) is 0 Å². The van der Waals surface area contributed by atoms with Crippen LogP contribution in [0.5, 0.6) is 0 Å². The van der Waals surface area contributed by atoms with E-state index in [1.54, 1.807) is 25.1 Å². The van der Waals surface area contributed by atoms with Crippen LogP contribution in [-0.2, 0) is 4.84 Å². The Morgan fingerprint density at radius 2 is 2.31 bits per heavy atom. The molecule has 2 N–H and O–H groups in total. The zero-order valence-corrected chi connectivity index (χ0v) is 7.21. The number of hydrogen-bond donors (Lipinski definition) is 2. The molecule has 1 aromatic heterocycles. The highest BCUT2D eigenvalue weighted by Gasteiger charge is 2.22. The van der Waals surface area contributed by atoms with Gasteiger partial charge in [0.25, 0.3) is 0 Å². The van der Waals surface area contributed by atoms with Crippen LogP contribution in [-0.4, -0.2) is 21.2 Å². The second-order valence-electron chi connectivity index (χ2n) is 2.47. The summed E-state index contributed by atoms with van der Waals surface area (Å²) in [5.74, 6) is -1.92. The summed E-state index contributed by atoms with van der Waals surface area (Å²) < 4.78 is 0. The number of hydrogen-bond acceptors (Lipinski definition) is 4. The van der Waals surface area contributed by atoms with Gasteiger partial charge >= 0.3 is 5.97 Å². The van der Waals surface area contributed by atoms with Crippen LogP contribution in [0.1, 0.15) is 13.3 Å². The van der Waals surface area contributed by atoms with E-state index < -0.39 is 5.97 Å². The van der Waals surface area contributed by atoms with E-state index in [0.29, 0.717) is 5.82 Å². The van der Waals surface area contributed by atoms with E-state index >= 15 is 0 Å². The van der Waals surface area contributed by atoms with E-state index in [1.807, 2.05) is 0 Å².